The van der Waals surface area contributed by atoms with Gasteiger partial charge in [0, 0.05) is 0 Å². The number of primary amides is 1. The topological polar surface area (TPSA) is 112 Å². The van der Waals surface area contributed by atoms with Crippen LogP contribution in [0.15, 0.2) is 23.1 Å². The zero-order valence-electron chi connectivity index (χ0n) is 8.92. The van der Waals surface area contributed by atoms with Gasteiger partial charge in [-0.2, -0.15) is 0 Å². The molecular formula is C10H12N2O4S. The van der Waals surface area contributed by atoms with Crippen LogP contribution in [0.2, 0.25) is 0 Å². The first-order valence-corrected chi connectivity index (χ1v) is 6.56. The van der Waals surface area contributed by atoms with Crippen LogP contribution < -0.4 is 15.6 Å². The molecule has 0 atom stereocenters. The fourth-order valence-corrected chi connectivity index (χ4v) is 2.21. The van der Waals surface area contributed by atoms with Gasteiger partial charge in [0.2, 0.25) is 10.0 Å². The summed E-state index contributed by atoms with van der Waals surface area (Å²) in [7, 11) is -4.00. The van der Waals surface area contributed by atoms with Crippen molar-refractivity contribution in [2.24, 2.45) is 10.9 Å². The summed E-state index contributed by atoms with van der Waals surface area (Å²) in [6.45, 7) is 0. The molecule has 0 aliphatic heterocycles. The van der Waals surface area contributed by atoms with Gasteiger partial charge >= 0.3 is 0 Å². The van der Waals surface area contributed by atoms with Gasteiger partial charge in [0.1, 0.15) is 11.3 Å². The quantitative estimate of drug-likeness (QED) is 0.787. The van der Waals surface area contributed by atoms with Gasteiger partial charge in [-0.05, 0) is 25.0 Å². The Kier molecular flexibility index (Phi) is 2.80. The first-order valence-electron chi connectivity index (χ1n) is 5.02. The molecule has 0 saturated heterocycles. The van der Waals surface area contributed by atoms with E-state index in [0.29, 0.717) is 0 Å². The Balaban J connectivity index is 2.55. The van der Waals surface area contributed by atoms with E-state index >= 15 is 0 Å². The molecule has 6 nitrogen and oxygen atoms in total. The number of sulfonamides is 1. The zero-order chi connectivity index (χ0) is 12.6. The second-order valence-electron chi connectivity index (χ2n) is 3.86. The first kappa shape index (κ1) is 11.9. The van der Waals surface area contributed by atoms with Crippen molar-refractivity contribution in [1.29, 1.82) is 0 Å². The Bertz CT molecular complexity index is 564. The van der Waals surface area contributed by atoms with Gasteiger partial charge in [-0.25, -0.2) is 13.6 Å². The summed E-state index contributed by atoms with van der Waals surface area (Å²) in [4.78, 5) is 11.0. The van der Waals surface area contributed by atoms with Crippen LogP contribution >= 0.6 is 0 Å². The van der Waals surface area contributed by atoms with E-state index in [1.165, 1.54) is 18.2 Å². The number of rotatable bonds is 4. The molecule has 1 aliphatic rings. The standard InChI is InChI=1S/C10H12N2O4S/c11-10(13)9-7(16-6-4-5-6)2-1-3-8(9)17(12,14)15/h1-3,6H,4-5H2,(H2,11,13)(H2,12,14,15). The third kappa shape index (κ3) is 2.56. The number of carbonyl (C=O) groups is 1. The fraction of sp³-hybridized carbons (Fsp3) is 0.300. The number of primary sulfonamides is 1. The lowest BCUT2D eigenvalue weighted by Gasteiger charge is -2.11. The number of ether oxygens (including phenoxy) is 1. The lowest BCUT2D eigenvalue weighted by atomic mass is 10.2. The van der Waals surface area contributed by atoms with Crippen molar-refractivity contribution < 1.29 is 17.9 Å². The molecule has 4 N–H and O–H groups in total. The van der Waals surface area contributed by atoms with E-state index in [-0.39, 0.29) is 22.3 Å². The molecule has 1 amide bonds. The van der Waals surface area contributed by atoms with E-state index in [4.69, 9.17) is 15.6 Å². The number of benzene rings is 1. The van der Waals surface area contributed by atoms with Crippen molar-refractivity contribution in [3.05, 3.63) is 23.8 Å². The van der Waals surface area contributed by atoms with Crippen LogP contribution in [-0.4, -0.2) is 20.4 Å². The number of hydrogen-bond acceptors (Lipinski definition) is 4. The van der Waals surface area contributed by atoms with Crippen LogP contribution in [0.4, 0.5) is 0 Å². The second-order valence-corrected chi connectivity index (χ2v) is 5.39. The molecule has 0 radical (unpaired) electrons. The van der Waals surface area contributed by atoms with E-state index in [2.05, 4.69) is 0 Å². The number of amides is 1. The van der Waals surface area contributed by atoms with Crippen LogP contribution in [0.25, 0.3) is 0 Å². The van der Waals surface area contributed by atoms with Crippen LogP contribution in [-0.2, 0) is 10.0 Å². The summed E-state index contributed by atoms with van der Waals surface area (Å²) in [5.74, 6) is -0.697. The van der Waals surface area contributed by atoms with E-state index in [1.807, 2.05) is 0 Å². The highest BCUT2D eigenvalue weighted by atomic mass is 32.2. The van der Waals surface area contributed by atoms with Gasteiger partial charge < -0.3 is 10.5 Å². The van der Waals surface area contributed by atoms with Gasteiger partial charge in [-0.1, -0.05) is 6.07 Å². The molecule has 0 unspecified atom stereocenters. The molecule has 92 valence electrons. The number of carbonyl (C=O) groups excluding carboxylic acids is 1. The van der Waals surface area contributed by atoms with Crippen molar-refractivity contribution in [3.63, 3.8) is 0 Å². The molecule has 2 rings (SSSR count). The Morgan fingerprint density at radius 3 is 2.47 bits per heavy atom. The molecule has 0 heterocycles. The summed E-state index contributed by atoms with van der Waals surface area (Å²) < 4.78 is 28.1. The second kappa shape index (κ2) is 4.01. The summed E-state index contributed by atoms with van der Waals surface area (Å²) in [5, 5.41) is 5.02. The maximum absolute atomic E-state index is 11.3. The monoisotopic (exact) mass is 256 g/mol. The van der Waals surface area contributed by atoms with Gasteiger partial charge in [0.15, 0.2) is 0 Å². The van der Waals surface area contributed by atoms with E-state index in [9.17, 15) is 13.2 Å². The third-order valence-electron chi connectivity index (χ3n) is 2.36. The Morgan fingerprint density at radius 2 is 2.00 bits per heavy atom. The molecule has 1 aromatic carbocycles. The Hall–Kier alpha value is -1.60. The minimum Gasteiger partial charge on any atom is -0.490 e. The molecule has 1 aliphatic carbocycles. The molecule has 0 spiro atoms. The van der Waals surface area contributed by atoms with E-state index < -0.39 is 15.9 Å². The summed E-state index contributed by atoms with van der Waals surface area (Å²) in [6, 6.07) is 4.20. The predicted octanol–water partition coefficient (Wildman–Crippen LogP) is -0.0259. The zero-order valence-corrected chi connectivity index (χ0v) is 9.74. The molecule has 0 bridgehead atoms. The molecular weight excluding hydrogens is 244 g/mol. The molecule has 7 heteroatoms. The fourth-order valence-electron chi connectivity index (χ4n) is 1.45. The maximum atomic E-state index is 11.3. The van der Waals surface area contributed by atoms with Crippen LogP contribution in [0.1, 0.15) is 23.2 Å². The van der Waals surface area contributed by atoms with Crippen LogP contribution in [0.5, 0.6) is 5.75 Å². The molecule has 0 aromatic heterocycles. The third-order valence-corrected chi connectivity index (χ3v) is 3.31. The maximum Gasteiger partial charge on any atom is 0.253 e. The largest absolute Gasteiger partial charge is 0.490 e. The predicted molar refractivity (Wildman–Crippen MR) is 60.0 cm³/mol. The molecule has 17 heavy (non-hydrogen) atoms. The van der Waals surface area contributed by atoms with Gasteiger partial charge in [-0.3, -0.25) is 4.79 Å². The normalized spacial score (nSPS) is 15.6. The number of hydrogen-bond donors (Lipinski definition) is 2. The SMILES string of the molecule is NC(=O)c1c(OC2CC2)cccc1S(N)(=O)=O. The van der Waals surface area contributed by atoms with Crippen LogP contribution in [0.3, 0.4) is 0 Å². The van der Waals surface area contributed by atoms with Gasteiger partial charge in [0.25, 0.3) is 5.91 Å². The Labute approximate surface area is 98.6 Å². The average Bonchev–Trinajstić information content (AvgIpc) is 2.99. The smallest absolute Gasteiger partial charge is 0.253 e. The lowest BCUT2D eigenvalue weighted by Crippen LogP contribution is -2.21. The highest BCUT2D eigenvalue weighted by Gasteiger charge is 2.28. The highest BCUT2D eigenvalue weighted by Crippen LogP contribution is 2.31. The van der Waals surface area contributed by atoms with Crippen molar-refractivity contribution in [1.82, 2.24) is 0 Å². The van der Waals surface area contributed by atoms with Crippen molar-refractivity contribution in [2.75, 3.05) is 0 Å². The average molecular weight is 256 g/mol. The number of nitrogens with two attached hydrogens (primary N) is 2. The summed E-state index contributed by atoms with van der Waals surface area (Å²) in [6.07, 6.45) is 1.80. The highest BCUT2D eigenvalue weighted by molar-refractivity contribution is 7.89. The van der Waals surface area contributed by atoms with Gasteiger partial charge in [0.05, 0.1) is 11.0 Å². The summed E-state index contributed by atoms with van der Waals surface area (Å²) >= 11 is 0. The van der Waals surface area contributed by atoms with E-state index in [1.54, 1.807) is 0 Å². The summed E-state index contributed by atoms with van der Waals surface area (Å²) in [5.41, 5.74) is 4.99. The minimum absolute atomic E-state index is 0.0313. The van der Waals surface area contributed by atoms with Crippen molar-refractivity contribution in [2.45, 2.75) is 23.8 Å². The van der Waals surface area contributed by atoms with E-state index in [0.717, 1.165) is 12.8 Å². The molecule has 1 saturated carbocycles. The van der Waals surface area contributed by atoms with Crippen LogP contribution in [0, 0.1) is 0 Å². The van der Waals surface area contributed by atoms with Gasteiger partial charge in [-0.15, -0.1) is 0 Å². The first-order chi connectivity index (χ1) is 7.89. The lowest BCUT2D eigenvalue weighted by molar-refractivity contribution is 0.0992. The van der Waals surface area contributed by atoms with Crippen molar-refractivity contribution >= 4 is 15.9 Å². The Morgan fingerprint density at radius 1 is 1.35 bits per heavy atom. The molecule has 1 fully saturated rings. The minimum atomic E-state index is -4.00. The van der Waals surface area contributed by atoms with Crippen molar-refractivity contribution in [3.8, 4) is 5.75 Å². The molecule has 1 aromatic rings.